The molecule has 0 bridgehead atoms. The van der Waals surface area contributed by atoms with Crippen molar-refractivity contribution >= 4 is 17.3 Å². The minimum atomic E-state index is -0.444. The third-order valence-corrected chi connectivity index (χ3v) is 3.57. The molecule has 118 valence electrons. The van der Waals surface area contributed by atoms with Gasteiger partial charge in [-0.25, -0.2) is 0 Å². The number of benzene rings is 3. The second-order valence-electron chi connectivity index (χ2n) is 5.18. The van der Waals surface area contributed by atoms with Gasteiger partial charge in [0.1, 0.15) is 0 Å². The molecule has 0 heterocycles. The number of carbonyl (C=O) groups is 1. The maximum Gasteiger partial charge on any atom is 0.279 e. The van der Waals surface area contributed by atoms with E-state index in [1.165, 1.54) is 6.07 Å². The van der Waals surface area contributed by atoms with E-state index in [1.54, 1.807) is 36.4 Å². The van der Waals surface area contributed by atoms with E-state index in [-0.39, 0.29) is 11.6 Å². The number of amides is 1. The van der Waals surface area contributed by atoms with Crippen molar-refractivity contribution in [2.45, 2.75) is 0 Å². The standard InChI is InChI=1S/C19H14N2O3/c22-19(15-9-5-2-6-10-15)20-16-11-12-17(18(13-16)21(23)24)14-7-3-1-4-8-14/h1-13H,(H,20,22). The molecule has 0 atom stereocenters. The number of nitro groups is 1. The molecule has 0 saturated carbocycles. The average Bonchev–Trinajstić information content (AvgIpc) is 2.63. The SMILES string of the molecule is O=C(Nc1ccc(-c2ccccc2)c([N+](=O)[O-])c1)c1ccccc1. The number of nitro benzene ring substituents is 1. The Bertz CT molecular complexity index is 878. The van der Waals surface area contributed by atoms with Gasteiger partial charge in [-0.3, -0.25) is 14.9 Å². The van der Waals surface area contributed by atoms with E-state index in [1.807, 2.05) is 36.4 Å². The van der Waals surface area contributed by atoms with Crippen LogP contribution < -0.4 is 5.32 Å². The molecule has 0 spiro atoms. The lowest BCUT2D eigenvalue weighted by atomic mass is 10.0. The summed E-state index contributed by atoms with van der Waals surface area (Å²) in [5, 5.41) is 14.1. The molecule has 0 aromatic heterocycles. The van der Waals surface area contributed by atoms with Crippen LogP contribution in [0.25, 0.3) is 11.1 Å². The minimum absolute atomic E-state index is 0.0490. The van der Waals surface area contributed by atoms with Crippen molar-refractivity contribution < 1.29 is 9.72 Å². The molecule has 3 aromatic rings. The van der Waals surface area contributed by atoms with Gasteiger partial charge >= 0.3 is 0 Å². The van der Waals surface area contributed by atoms with E-state index in [0.29, 0.717) is 16.8 Å². The van der Waals surface area contributed by atoms with Crippen molar-refractivity contribution in [3.63, 3.8) is 0 Å². The fourth-order valence-corrected chi connectivity index (χ4v) is 2.42. The third kappa shape index (κ3) is 3.30. The van der Waals surface area contributed by atoms with Crippen LogP contribution in [0.3, 0.4) is 0 Å². The largest absolute Gasteiger partial charge is 0.322 e. The third-order valence-electron chi connectivity index (χ3n) is 3.57. The van der Waals surface area contributed by atoms with Crippen LogP contribution in [0.1, 0.15) is 10.4 Å². The monoisotopic (exact) mass is 318 g/mol. The molecule has 0 radical (unpaired) electrons. The van der Waals surface area contributed by atoms with E-state index >= 15 is 0 Å². The summed E-state index contributed by atoms with van der Waals surface area (Å²) in [6.07, 6.45) is 0. The highest BCUT2D eigenvalue weighted by Gasteiger charge is 2.17. The summed E-state index contributed by atoms with van der Waals surface area (Å²) in [5.74, 6) is -0.308. The van der Waals surface area contributed by atoms with Gasteiger partial charge in [0.2, 0.25) is 0 Å². The van der Waals surface area contributed by atoms with Gasteiger partial charge in [0.25, 0.3) is 11.6 Å². The summed E-state index contributed by atoms with van der Waals surface area (Å²) in [5.41, 5.74) is 2.10. The van der Waals surface area contributed by atoms with Crippen molar-refractivity contribution in [3.05, 3.63) is 94.5 Å². The molecular weight excluding hydrogens is 304 g/mol. The Kier molecular flexibility index (Phi) is 4.34. The van der Waals surface area contributed by atoms with Gasteiger partial charge in [0.05, 0.1) is 10.5 Å². The van der Waals surface area contributed by atoms with Gasteiger partial charge in [0.15, 0.2) is 0 Å². The first-order valence-corrected chi connectivity index (χ1v) is 7.35. The summed E-state index contributed by atoms with van der Waals surface area (Å²) >= 11 is 0. The predicted octanol–water partition coefficient (Wildman–Crippen LogP) is 4.51. The lowest BCUT2D eigenvalue weighted by Gasteiger charge is -2.08. The molecular formula is C19H14N2O3. The Hall–Kier alpha value is -3.47. The summed E-state index contributed by atoms with van der Waals surface area (Å²) in [6.45, 7) is 0. The van der Waals surface area contributed by atoms with Crippen molar-refractivity contribution in [1.29, 1.82) is 0 Å². The zero-order valence-corrected chi connectivity index (χ0v) is 12.7. The maximum atomic E-state index is 12.2. The van der Waals surface area contributed by atoms with Crippen LogP contribution in [0.15, 0.2) is 78.9 Å². The first kappa shape index (κ1) is 15.4. The van der Waals surface area contributed by atoms with Gasteiger partial charge in [-0.05, 0) is 29.8 Å². The number of hydrogen-bond donors (Lipinski definition) is 1. The average molecular weight is 318 g/mol. The first-order valence-electron chi connectivity index (χ1n) is 7.35. The normalized spacial score (nSPS) is 10.2. The number of nitrogens with zero attached hydrogens (tertiary/aromatic N) is 1. The summed E-state index contributed by atoms with van der Waals surface area (Å²) in [6, 6.07) is 22.5. The lowest BCUT2D eigenvalue weighted by Crippen LogP contribution is -2.11. The minimum Gasteiger partial charge on any atom is -0.322 e. The molecule has 3 aromatic carbocycles. The van der Waals surface area contributed by atoms with Gasteiger partial charge in [-0.1, -0.05) is 48.5 Å². The summed E-state index contributed by atoms with van der Waals surface area (Å²) in [4.78, 5) is 23.1. The highest BCUT2D eigenvalue weighted by Crippen LogP contribution is 2.32. The Morgan fingerprint density at radius 1 is 0.875 bits per heavy atom. The van der Waals surface area contributed by atoms with Crippen LogP contribution in [-0.2, 0) is 0 Å². The Balaban J connectivity index is 1.93. The molecule has 5 nitrogen and oxygen atoms in total. The molecule has 1 amide bonds. The van der Waals surface area contributed by atoms with Crippen molar-refractivity contribution in [1.82, 2.24) is 0 Å². The smallest absolute Gasteiger partial charge is 0.279 e. The highest BCUT2D eigenvalue weighted by atomic mass is 16.6. The number of hydrogen-bond acceptors (Lipinski definition) is 3. The Labute approximate surface area is 138 Å². The second kappa shape index (κ2) is 6.75. The summed E-state index contributed by atoms with van der Waals surface area (Å²) in [7, 11) is 0. The van der Waals surface area contributed by atoms with E-state index in [2.05, 4.69) is 5.32 Å². The molecule has 0 saturated heterocycles. The molecule has 0 aliphatic heterocycles. The molecule has 0 aliphatic carbocycles. The molecule has 24 heavy (non-hydrogen) atoms. The van der Waals surface area contributed by atoms with Gasteiger partial charge < -0.3 is 5.32 Å². The van der Waals surface area contributed by atoms with Crippen LogP contribution >= 0.6 is 0 Å². The quantitative estimate of drug-likeness (QED) is 0.568. The number of anilines is 1. The van der Waals surface area contributed by atoms with Crippen LogP contribution in [0, 0.1) is 10.1 Å². The zero-order valence-electron chi connectivity index (χ0n) is 12.7. The molecule has 0 unspecified atom stereocenters. The van der Waals surface area contributed by atoms with Crippen LogP contribution in [0.2, 0.25) is 0 Å². The van der Waals surface area contributed by atoms with E-state index in [9.17, 15) is 14.9 Å². The lowest BCUT2D eigenvalue weighted by molar-refractivity contribution is -0.384. The van der Waals surface area contributed by atoms with Crippen molar-refractivity contribution in [3.8, 4) is 11.1 Å². The second-order valence-corrected chi connectivity index (χ2v) is 5.18. The molecule has 0 fully saturated rings. The fraction of sp³-hybridized carbons (Fsp3) is 0. The maximum absolute atomic E-state index is 12.2. The molecule has 1 N–H and O–H groups in total. The Morgan fingerprint density at radius 3 is 2.12 bits per heavy atom. The van der Waals surface area contributed by atoms with Crippen LogP contribution in [0.5, 0.6) is 0 Å². The predicted molar refractivity (Wildman–Crippen MR) is 92.9 cm³/mol. The van der Waals surface area contributed by atoms with Gasteiger partial charge in [-0.2, -0.15) is 0 Å². The molecule has 5 heteroatoms. The number of carbonyl (C=O) groups excluding carboxylic acids is 1. The Morgan fingerprint density at radius 2 is 1.50 bits per heavy atom. The van der Waals surface area contributed by atoms with Crippen molar-refractivity contribution in [2.75, 3.05) is 5.32 Å². The summed E-state index contributed by atoms with van der Waals surface area (Å²) < 4.78 is 0. The van der Waals surface area contributed by atoms with Crippen LogP contribution in [0.4, 0.5) is 11.4 Å². The van der Waals surface area contributed by atoms with E-state index in [0.717, 1.165) is 5.56 Å². The number of nitrogens with one attached hydrogen (secondary N) is 1. The number of rotatable bonds is 4. The van der Waals surface area contributed by atoms with Gasteiger partial charge in [0, 0.05) is 17.3 Å². The first-order chi connectivity index (χ1) is 11.6. The van der Waals surface area contributed by atoms with Crippen LogP contribution in [-0.4, -0.2) is 10.8 Å². The van der Waals surface area contributed by atoms with Gasteiger partial charge in [-0.15, -0.1) is 0 Å². The van der Waals surface area contributed by atoms with E-state index in [4.69, 9.17) is 0 Å². The highest BCUT2D eigenvalue weighted by molar-refractivity contribution is 6.04. The van der Waals surface area contributed by atoms with Crippen molar-refractivity contribution in [2.24, 2.45) is 0 Å². The fourth-order valence-electron chi connectivity index (χ4n) is 2.42. The zero-order chi connectivity index (χ0) is 16.9. The topological polar surface area (TPSA) is 72.2 Å². The van der Waals surface area contributed by atoms with E-state index < -0.39 is 4.92 Å². The molecule has 0 aliphatic rings. The molecule has 3 rings (SSSR count).